The Morgan fingerprint density at radius 1 is 1.17 bits per heavy atom. The Labute approximate surface area is 106 Å². The van der Waals surface area contributed by atoms with Crippen LogP contribution in [0, 0.1) is 11.6 Å². The van der Waals surface area contributed by atoms with Crippen LogP contribution in [0.15, 0.2) is 18.2 Å². The van der Waals surface area contributed by atoms with Gasteiger partial charge in [-0.15, -0.1) is 0 Å². The lowest BCUT2D eigenvalue weighted by molar-refractivity contribution is 0.0785. The fourth-order valence-electron chi connectivity index (χ4n) is 1.60. The van der Waals surface area contributed by atoms with Crippen molar-refractivity contribution in [1.29, 1.82) is 0 Å². The maximum Gasteiger partial charge on any atom is 0.256 e. The number of carbonyl (C=O) groups excluding carboxylic acids is 1. The van der Waals surface area contributed by atoms with Crippen LogP contribution in [0.2, 0.25) is 0 Å². The highest BCUT2D eigenvalue weighted by Crippen LogP contribution is 2.13. The lowest BCUT2D eigenvalue weighted by Gasteiger charge is -2.18. The fourth-order valence-corrected chi connectivity index (χ4v) is 1.60. The van der Waals surface area contributed by atoms with E-state index in [0.717, 1.165) is 19.0 Å². The van der Waals surface area contributed by atoms with Gasteiger partial charge in [0, 0.05) is 13.6 Å². The number of nitrogens with zero attached hydrogens (tertiary/aromatic N) is 2. The van der Waals surface area contributed by atoms with E-state index < -0.39 is 17.5 Å². The van der Waals surface area contributed by atoms with E-state index in [1.165, 1.54) is 17.0 Å². The van der Waals surface area contributed by atoms with E-state index in [4.69, 9.17) is 0 Å². The summed E-state index contributed by atoms with van der Waals surface area (Å²) < 4.78 is 26.4. The number of benzene rings is 1. The van der Waals surface area contributed by atoms with Crippen LogP contribution in [-0.4, -0.2) is 49.9 Å². The summed E-state index contributed by atoms with van der Waals surface area (Å²) in [5, 5.41) is 0. The first-order valence-corrected chi connectivity index (χ1v) is 5.77. The molecular formula is C13H18F2N2O. The van der Waals surface area contributed by atoms with Gasteiger partial charge in [-0.3, -0.25) is 4.79 Å². The number of amides is 1. The molecule has 0 saturated heterocycles. The van der Waals surface area contributed by atoms with Crippen LogP contribution < -0.4 is 0 Å². The molecule has 1 aromatic rings. The van der Waals surface area contributed by atoms with Crippen LogP contribution in [0.25, 0.3) is 0 Å². The summed E-state index contributed by atoms with van der Waals surface area (Å²) in [4.78, 5) is 15.3. The van der Waals surface area contributed by atoms with Crippen molar-refractivity contribution >= 4 is 5.91 Å². The highest BCUT2D eigenvalue weighted by molar-refractivity contribution is 5.94. The van der Waals surface area contributed by atoms with Crippen molar-refractivity contribution < 1.29 is 13.6 Å². The zero-order valence-corrected chi connectivity index (χ0v) is 10.9. The first kappa shape index (κ1) is 14.6. The Balaban J connectivity index is 2.66. The Morgan fingerprint density at radius 3 is 2.44 bits per heavy atom. The highest BCUT2D eigenvalue weighted by atomic mass is 19.2. The fraction of sp³-hybridized carbons (Fsp3) is 0.462. The average molecular weight is 256 g/mol. The van der Waals surface area contributed by atoms with Crippen LogP contribution in [0.5, 0.6) is 0 Å². The van der Waals surface area contributed by atoms with Crippen LogP contribution in [0.1, 0.15) is 16.8 Å². The third kappa shape index (κ3) is 3.77. The predicted molar refractivity (Wildman–Crippen MR) is 66.5 cm³/mol. The normalized spacial score (nSPS) is 10.8. The molecule has 3 nitrogen and oxygen atoms in total. The molecule has 0 unspecified atom stereocenters. The molecule has 0 heterocycles. The van der Waals surface area contributed by atoms with E-state index in [1.807, 2.05) is 19.0 Å². The highest BCUT2D eigenvalue weighted by Gasteiger charge is 2.18. The summed E-state index contributed by atoms with van der Waals surface area (Å²) in [7, 11) is 5.46. The topological polar surface area (TPSA) is 23.6 Å². The van der Waals surface area contributed by atoms with Crippen molar-refractivity contribution in [2.75, 3.05) is 34.2 Å². The van der Waals surface area contributed by atoms with Crippen LogP contribution in [-0.2, 0) is 0 Å². The molecule has 0 radical (unpaired) electrons. The monoisotopic (exact) mass is 256 g/mol. The molecule has 0 atom stereocenters. The van der Waals surface area contributed by atoms with Gasteiger partial charge < -0.3 is 9.80 Å². The summed E-state index contributed by atoms with van der Waals surface area (Å²) in [5.41, 5.74) is -0.220. The molecule has 0 N–H and O–H groups in total. The second-order valence-electron chi connectivity index (χ2n) is 4.48. The Bertz CT molecular complexity index is 421. The number of rotatable bonds is 5. The van der Waals surface area contributed by atoms with E-state index >= 15 is 0 Å². The Hall–Kier alpha value is -1.49. The summed E-state index contributed by atoms with van der Waals surface area (Å²) in [5.74, 6) is -2.57. The van der Waals surface area contributed by atoms with Gasteiger partial charge in [0.2, 0.25) is 0 Å². The first-order valence-electron chi connectivity index (χ1n) is 5.77. The molecule has 100 valence electrons. The van der Waals surface area contributed by atoms with E-state index in [9.17, 15) is 13.6 Å². The standard InChI is InChI=1S/C13H18F2N2O/c1-16(2)8-5-9-17(3)13(18)10-6-4-7-11(14)12(10)15/h4,6-7H,5,8-9H2,1-3H3. The molecule has 0 bridgehead atoms. The van der Waals surface area contributed by atoms with Gasteiger partial charge in [-0.25, -0.2) is 8.78 Å². The second kappa shape index (κ2) is 6.44. The number of halogens is 2. The lowest BCUT2D eigenvalue weighted by atomic mass is 10.2. The van der Waals surface area contributed by atoms with Gasteiger partial charge in [0.25, 0.3) is 5.91 Å². The second-order valence-corrected chi connectivity index (χ2v) is 4.48. The molecule has 1 aromatic carbocycles. The molecule has 0 fully saturated rings. The van der Waals surface area contributed by atoms with Gasteiger partial charge in [0.15, 0.2) is 11.6 Å². The molecule has 0 aliphatic carbocycles. The molecule has 0 aliphatic heterocycles. The summed E-state index contributed by atoms with van der Waals surface area (Å²) in [6.07, 6.45) is 0.784. The van der Waals surface area contributed by atoms with Crippen molar-refractivity contribution in [1.82, 2.24) is 9.80 Å². The first-order chi connectivity index (χ1) is 8.43. The molecule has 0 spiro atoms. The summed E-state index contributed by atoms with van der Waals surface area (Å²) in [6, 6.07) is 3.63. The Kier molecular flexibility index (Phi) is 5.22. The predicted octanol–water partition coefficient (Wildman–Crippen LogP) is 1.99. The SMILES string of the molecule is CN(C)CCCN(C)C(=O)c1cccc(F)c1F. The minimum atomic E-state index is -1.08. The molecule has 0 saturated carbocycles. The third-order valence-electron chi connectivity index (χ3n) is 2.63. The lowest BCUT2D eigenvalue weighted by Crippen LogP contribution is -2.30. The summed E-state index contributed by atoms with van der Waals surface area (Å²) >= 11 is 0. The van der Waals surface area contributed by atoms with Gasteiger partial charge in [0.1, 0.15) is 0 Å². The van der Waals surface area contributed by atoms with E-state index in [0.29, 0.717) is 6.54 Å². The number of hydrogen-bond donors (Lipinski definition) is 0. The van der Waals surface area contributed by atoms with E-state index in [2.05, 4.69) is 0 Å². The minimum absolute atomic E-state index is 0.220. The van der Waals surface area contributed by atoms with Crippen LogP contribution in [0.4, 0.5) is 8.78 Å². The van der Waals surface area contributed by atoms with Gasteiger partial charge in [0.05, 0.1) is 5.56 Å². The molecular weight excluding hydrogens is 238 g/mol. The molecule has 1 amide bonds. The van der Waals surface area contributed by atoms with Crippen LogP contribution >= 0.6 is 0 Å². The molecule has 0 aliphatic rings. The number of hydrogen-bond acceptors (Lipinski definition) is 2. The maximum atomic E-state index is 13.4. The average Bonchev–Trinajstić information content (AvgIpc) is 2.31. The van der Waals surface area contributed by atoms with Gasteiger partial charge in [-0.1, -0.05) is 6.07 Å². The van der Waals surface area contributed by atoms with Crippen LogP contribution in [0.3, 0.4) is 0 Å². The molecule has 0 aromatic heterocycles. The smallest absolute Gasteiger partial charge is 0.256 e. The van der Waals surface area contributed by atoms with Crippen molar-refractivity contribution in [2.24, 2.45) is 0 Å². The Morgan fingerprint density at radius 2 is 1.83 bits per heavy atom. The van der Waals surface area contributed by atoms with Gasteiger partial charge >= 0.3 is 0 Å². The van der Waals surface area contributed by atoms with Gasteiger partial charge in [-0.2, -0.15) is 0 Å². The minimum Gasteiger partial charge on any atom is -0.342 e. The zero-order chi connectivity index (χ0) is 13.7. The third-order valence-corrected chi connectivity index (χ3v) is 2.63. The van der Waals surface area contributed by atoms with Gasteiger partial charge in [-0.05, 0) is 39.2 Å². The largest absolute Gasteiger partial charge is 0.342 e. The van der Waals surface area contributed by atoms with Crippen molar-refractivity contribution in [2.45, 2.75) is 6.42 Å². The molecule has 5 heteroatoms. The van der Waals surface area contributed by atoms with E-state index in [-0.39, 0.29) is 5.56 Å². The van der Waals surface area contributed by atoms with Crippen molar-refractivity contribution in [3.63, 3.8) is 0 Å². The molecule has 18 heavy (non-hydrogen) atoms. The zero-order valence-electron chi connectivity index (χ0n) is 10.9. The summed E-state index contributed by atoms with van der Waals surface area (Å²) in [6.45, 7) is 1.34. The van der Waals surface area contributed by atoms with E-state index in [1.54, 1.807) is 7.05 Å². The van der Waals surface area contributed by atoms with Crippen molar-refractivity contribution in [3.8, 4) is 0 Å². The maximum absolute atomic E-state index is 13.4. The quantitative estimate of drug-likeness (QED) is 0.804. The van der Waals surface area contributed by atoms with Crippen molar-refractivity contribution in [3.05, 3.63) is 35.4 Å². The number of carbonyl (C=O) groups is 1. The molecule has 1 rings (SSSR count).